The van der Waals surface area contributed by atoms with Gasteiger partial charge in [-0.25, -0.2) is 9.59 Å². The van der Waals surface area contributed by atoms with Crippen molar-refractivity contribution in [1.29, 1.82) is 0 Å². The van der Waals surface area contributed by atoms with Crippen LogP contribution in [0.4, 0.5) is 10.5 Å². The monoisotopic (exact) mass is 368 g/mol. The van der Waals surface area contributed by atoms with E-state index < -0.39 is 12.1 Å². The van der Waals surface area contributed by atoms with E-state index >= 15 is 0 Å². The number of benzene rings is 1. The van der Waals surface area contributed by atoms with Crippen molar-refractivity contribution in [3.63, 3.8) is 0 Å². The smallest absolute Gasteiger partial charge is 0.414 e. The third-order valence-corrected chi connectivity index (χ3v) is 5.00. The maximum absolute atomic E-state index is 13.0. The van der Waals surface area contributed by atoms with E-state index in [9.17, 15) is 14.7 Å². The molecule has 2 aromatic rings. The molecule has 1 atom stereocenters. The first-order chi connectivity index (χ1) is 12.9. The molecule has 1 aliphatic carbocycles. The van der Waals surface area contributed by atoms with E-state index in [1.54, 1.807) is 0 Å². The number of anilines is 1. The van der Waals surface area contributed by atoms with Crippen molar-refractivity contribution in [3.8, 4) is 0 Å². The normalized spacial score (nSPS) is 18.1. The highest BCUT2D eigenvalue weighted by Gasteiger charge is 2.39. The fraction of sp³-hybridized carbons (Fsp3) is 0.381. The van der Waals surface area contributed by atoms with Crippen molar-refractivity contribution in [2.75, 3.05) is 4.90 Å². The topological polar surface area (TPSA) is 79.7 Å². The van der Waals surface area contributed by atoms with Gasteiger partial charge >= 0.3 is 12.1 Å². The quantitative estimate of drug-likeness (QED) is 0.840. The summed E-state index contributed by atoms with van der Waals surface area (Å²) in [5, 5.41) is 9.54. The summed E-state index contributed by atoms with van der Waals surface area (Å²) in [6, 6.07) is 10.7. The second-order valence-corrected chi connectivity index (χ2v) is 7.67. The number of carbonyl (C=O) groups is 2. The third-order valence-electron chi connectivity index (χ3n) is 5.00. The molecule has 142 valence electrons. The predicted octanol–water partition coefficient (Wildman–Crippen LogP) is 4.50. The molecule has 1 aromatic carbocycles. The minimum Gasteiger partial charge on any atom is -0.478 e. The summed E-state index contributed by atoms with van der Waals surface area (Å²) < 4.78 is 5.53. The number of ether oxygens (including phenoxy) is 1. The lowest BCUT2D eigenvalue weighted by molar-refractivity contribution is 0.0697. The maximum Gasteiger partial charge on any atom is 0.414 e. The van der Waals surface area contributed by atoms with Crippen LogP contribution in [-0.2, 0) is 11.3 Å². The zero-order valence-electron chi connectivity index (χ0n) is 15.6. The Morgan fingerprint density at radius 2 is 2.00 bits per heavy atom. The van der Waals surface area contributed by atoms with Crippen molar-refractivity contribution in [2.24, 2.45) is 5.41 Å². The fourth-order valence-electron chi connectivity index (χ4n) is 3.61. The molecule has 1 heterocycles. The van der Waals surface area contributed by atoms with Gasteiger partial charge in [0.15, 0.2) is 0 Å². The number of amides is 1. The second kappa shape index (κ2) is 7.78. The third kappa shape index (κ3) is 4.45. The molecule has 0 radical (unpaired) electrons. The van der Waals surface area contributed by atoms with Gasteiger partial charge in [0, 0.05) is 12.2 Å². The molecule has 1 saturated carbocycles. The van der Waals surface area contributed by atoms with Crippen molar-refractivity contribution in [2.45, 2.75) is 45.8 Å². The number of aromatic carboxylic acids is 1. The van der Waals surface area contributed by atoms with Crippen LogP contribution in [0.25, 0.3) is 0 Å². The standard InChI is InChI=1S/C21H24N2O4/c1-21(2)10-8-16(12-21)23(18-13-22-11-9-17(18)19(24)25)20(26)27-14-15-6-4-3-5-7-15/h3-7,9,11,13,16H,8,10,12,14H2,1-2H3,(H,24,25). The highest BCUT2D eigenvalue weighted by Crippen LogP contribution is 2.41. The number of carboxylic acid groups (broad SMARTS) is 1. The minimum atomic E-state index is -1.09. The summed E-state index contributed by atoms with van der Waals surface area (Å²) in [6.45, 7) is 4.44. The Hall–Kier alpha value is -2.89. The van der Waals surface area contributed by atoms with Crippen LogP contribution in [0, 0.1) is 5.41 Å². The van der Waals surface area contributed by atoms with Crippen LogP contribution in [0.3, 0.4) is 0 Å². The van der Waals surface area contributed by atoms with E-state index in [-0.39, 0.29) is 29.3 Å². The first-order valence-electron chi connectivity index (χ1n) is 9.04. The summed E-state index contributed by atoms with van der Waals surface area (Å²) in [5.74, 6) is -1.09. The van der Waals surface area contributed by atoms with Crippen LogP contribution >= 0.6 is 0 Å². The van der Waals surface area contributed by atoms with Crippen LogP contribution in [0.5, 0.6) is 0 Å². The summed E-state index contributed by atoms with van der Waals surface area (Å²) in [6.07, 6.45) is 4.83. The Balaban J connectivity index is 1.88. The number of nitrogens with zero attached hydrogens (tertiary/aromatic N) is 2. The van der Waals surface area contributed by atoms with Crippen LogP contribution in [0.1, 0.15) is 49.0 Å². The lowest BCUT2D eigenvalue weighted by atomic mass is 9.91. The summed E-state index contributed by atoms with van der Waals surface area (Å²) in [5.41, 5.74) is 1.30. The van der Waals surface area contributed by atoms with Gasteiger partial charge in [0.05, 0.1) is 17.4 Å². The molecule has 27 heavy (non-hydrogen) atoms. The molecule has 1 fully saturated rings. The number of hydrogen-bond acceptors (Lipinski definition) is 4. The molecule has 6 nitrogen and oxygen atoms in total. The van der Waals surface area contributed by atoms with Crippen LogP contribution in [-0.4, -0.2) is 28.2 Å². The van der Waals surface area contributed by atoms with Gasteiger partial charge in [-0.15, -0.1) is 0 Å². The number of aromatic nitrogens is 1. The van der Waals surface area contributed by atoms with Gasteiger partial charge in [-0.2, -0.15) is 0 Å². The summed E-state index contributed by atoms with van der Waals surface area (Å²) in [7, 11) is 0. The Morgan fingerprint density at radius 1 is 1.26 bits per heavy atom. The first-order valence-corrected chi connectivity index (χ1v) is 9.04. The molecule has 1 amide bonds. The van der Waals surface area contributed by atoms with Crippen molar-refractivity contribution in [3.05, 3.63) is 59.9 Å². The summed E-state index contributed by atoms with van der Waals surface area (Å²) >= 11 is 0. The summed E-state index contributed by atoms with van der Waals surface area (Å²) in [4.78, 5) is 30.2. The number of carboxylic acids is 1. The fourth-order valence-corrected chi connectivity index (χ4v) is 3.61. The zero-order chi connectivity index (χ0) is 19.4. The predicted molar refractivity (Wildman–Crippen MR) is 102 cm³/mol. The molecule has 0 bridgehead atoms. The molecule has 3 rings (SSSR count). The van der Waals surface area contributed by atoms with E-state index in [0.717, 1.165) is 24.8 Å². The van der Waals surface area contributed by atoms with Crippen molar-refractivity contribution in [1.82, 2.24) is 4.98 Å². The number of pyridine rings is 1. The van der Waals surface area contributed by atoms with Gasteiger partial charge < -0.3 is 9.84 Å². The molecule has 1 aromatic heterocycles. The second-order valence-electron chi connectivity index (χ2n) is 7.67. The molecule has 1 unspecified atom stereocenters. The molecule has 0 aliphatic heterocycles. The number of hydrogen-bond donors (Lipinski definition) is 1. The average molecular weight is 368 g/mol. The maximum atomic E-state index is 13.0. The lowest BCUT2D eigenvalue weighted by Gasteiger charge is -2.30. The molecular weight excluding hydrogens is 344 g/mol. The van der Waals surface area contributed by atoms with E-state index in [4.69, 9.17) is 4.74 Å². The Morgan fingerprint density at radius 3 is 2.63 bits per heavy atom. The van der Waals surface area contributed by atoms with Crippen LogP contribution in [0.2, 0.25) is 0 Å². The van der Waals surface area contributed by atoms with Gasteiger partial charge in [-0.05, 0) is 36.3 Å². The van der Waals surface area contributed by atoms with E-state index in [1.807, 2.05) is 30.3 Å². The van der Waals surface area contributed by atoms with Gasteiger partial charge in [-0.1, -0.05) is 44.2 Å². The van der Waals surface area contributed by atoms with Crippen molar-refractivity contribution >= 4 is 17.7 Å². The van der Waals surface area contributed by atoms with Gasteiger partial charge in [-0.3, -0.25) is 9.88 Å². The Labute approximate surface area is 158 Å². The van der Waals surface area contributed by atoms with Gasteiger partial charge in [0.1, 0.15) is 6.61 Å². The zero-order valence-corrected chi connectivity index (χ0v) is 15.6. The average Bonchev–Trinajstić information content (AvgIpc) is 3.00. The number of rotatable bonds is 5. The van der Waals surface area contributed by atoms with E-state index in [2.05, 4.69) is 18.8 Å². The van der Waals surface area contributed by atoms with Gasteiger partial charge in [0.25, 0.3) is 0 Å². The Kier molecular flexibility index (Phi) is 5.44. The SMILES string of the molecule is CC1(C)CCC(N(C(=O)OCc2ccccc2)c2cnccc2C(=O)O)C1. The molecule has 0 spiro atoms. The van der Waals surface area contributed by atoms with Gasteiger partial charge in [0.2, 0.25) is 0 Å². The molecule has 1 N–H and O–H groups in total. The molecular formula is C21H24N2O4. The van der Waals surface area contributed by atoms with E-state index in [0.29, 0.717) is 0 Å². The molecule has 1 aliphatic rings. The molecule has 6 heteroatoms. The minimum absolute atomic E-state index is 0.0476. The van der Waals surface area contributed by atoms with Crippen LogP contribution < -0.4 is 4.90 Å². The largest absolute Gasteiger partial charge is 0.478 e. The Bertz CT molecular complexity index is 820. The molecule has 0 saturated heterocycles. The first kappa shape index (κ1) is 18.9. The number of carbonyl (C=O) groups excluding carboxylic acids is 1. The highest BCUT2D eigenvalue weighted by molar-refractivity contribution is 6.00. The highest BCUT2D eigenvalue weighted by atomic mass is 16.6. The lowest BCUT2D eigenvalue weighted by Crippen LogP contribution is -2.41. The van der Waals surface area contributed by atoms with Crippen LogP contribution in [0.15, 0.2) is 48.8 Å². The van der Waals surface area contributed by atoms with Crippen molar-refractivity contribution < 1.29 is 19.4 Å². The van der Waals surface area contributed by atoms with E-state index in [1.165, 1.54) is 23.4 Å².